The van der Waals surface area contributed by atoms with Crippen molar-refractivity contribution in [3.63, 3.8) is 0 Å². The number of amides is 1. The van der Waals surface area contributed by atoms with Crippen molar-refractivity contribution in [1.82, 2.24) is 14.2 Å². The number of hydrogen-bond acceptors (Lipinski definition) is 5. The van der Waals surface area contributed by atoms with Crippen LogP contribution in [0.1, 0.15) is 25.0 Å². The smallest absolute Gasteiger partial charge is 0.241 e. The maximum Gasteiger partial charge on any atom is 0.241 e. The van der Waals surface area contributed by atoms with Crippen LogP contribution in [0.2, 0.25) is 10.0 Å². The van der Waals surface area contributed by atoms with Gasteiger partial charge in [-0.2, -0.15) is 9.98 Å². The number of aromatic nitrogens is 1. The van der Waals surface area contributed by atoms with Crippen molar-refractivity contribution in [1.29, 1.82) is 5.26 Å². The number of nitriles is 1. The van der Waals surface area contributed by atoms with E-state index in [1.54, 1.807) is 27.8 Å². The average molecular weight is 496 g/mol. The fourth-order valence-corrected chi connectivity index (χ4v) is 5.34. The molecule has 2 heterocycles. The van der Waals surface area contributed by atoms with Crippen molar-refractivity contribution in [3.05, 3.63) is 58.4 Å². The molecule has 1 aliphatic rings. The Morgan fingerprint density at radius 1 is 1.28 bits per heavy atom. The first-order valence-corrected chi connectivity index (χ1v) is 12.1. The Hall–Kier alpha value is -2.51. The first-order chi connectivity index (χ1) is 15.1. The van der Waals surface area contributed by atoms with Gasteiger partial charge in [0.05, 0.1) is 20.6 Å². The van der Waals surface area contributed by atoms with Crippen molar-refractivity contribution < 1.29 is 13.2 Å². The fraction of sp³-hybridized carbons (Fsp3) is 0.333. The molecule has 1 fully saturated rings. The van der Waals surface area contributed by atoms with Crippen LogP contribution < -0.4 is 10.5 Å². The fourth-order valence-electron chi connectivity index (χ4n) is 3.45. The predicted octanol–water partition coefficient (Wildman–Crippen LogP) is 3.16. The van der Waals surface area contributed by atoms with E-state index in [0.717, 1.165) is 5.57 Å². The summed E-state index contributed by atoms with van der Waals surface area (Å²) in [6.45, 7) is 5.17. The number of aryl methyl sites for hydroxylation is 1. The zero-order valence-corrected chi connectivity index (χ0v) is 19.6. The maximum atomic E-state index is 13.2. The second-order valence-electron chi connectivity index (χ2n) is 7.54. The summed E-state index contributed by atoms with van der Waals surface area (Å²) in [6.07, 6.45) is 3.20. The first-order valence-electron chi connectivity index (χ1n) is 9.90. The van der Waals surface area contributed by atoms with Crippen LogP contribution in [0.3, 0.4) is 0 Å². The van der Waals surface area contributed by atoms with Gasteiger partial charge in [0.15, 0.2) is 0 Å². The quantitative estimate of drug-likeness (QED) is 0.451. The van der Waals surface area contributed by atoms with Gasteiger partial charge in [0, 0.05) is 25.8 Å². The molecule has 0 saturated carbocycles. The number of nitrogens with two attached hydrogens (primary N) is 1. The van der Waals surface area contributed by atoms with Crippen molar-refractivity contribution in [3.8, 4) is 6.07 Å². The summed E-state index contributed by atoms with van der Waals surface area (Å²) in [7, 11) is -4.14. The molecule has 170 valence electrons. The number of nitrogens with one attached hydrogen (secondary N) is 1. The minimum Gasteiger partial charge on any atom is -0.396 e. The van der Waals surface area contributed by atoms with Crippen LogP contribution in [0, 0.1) is 11.3 Å². The highest BCUT2D eigenvalue weighted by Gasteiger charge is 2.31. The largest absolute Gasteiger partial charge is 0.396 e. The topological polar surface area (TPSA) is 121 Å². The molecule has 1 aliphatic heterocycles. The standard InChI is InChI=1S/C21H23Cl2N5O3S/c1-14-4-8-28(9-5-14)21(29)19(6-10-27-7-2-3-15(27)13-24)26-32(30,31)16-11-17(22)20(25)18(23)12-16/h2-3,7,11-12,19,26H,1,4-6,8-10,25H2. The molecule has 11 heteroatoms. The van der Waals surface area contributed by atoms with E-state index in [9.17, 15) is 18.5 Å². The van der Waals surface area contributed by atoms with Gasteiger partial charge in [0.2, 0.25) is 15.9 Å². The van der Waals surface area contributed by atoms with Gasteiger partial charge in [0.1, 0.15) is 17.8 Å². The third-order valence-corrected chi connectivity index (χ3v) is 7.42. The van der Waals surface area contributed by atoms with Crippen molar-refractivity contribution in [2.75, 3.05) is 18.8 Å². The second kappa shape index (κ2) is 9.96. The molecule has 1 aromatic carbocycles. The number of sulfonamides is 1. The monoisotopic (exact) mass is 495 g/mol. The number of rotatable bonds is 7. The molecule has 0 spiro atoms. The lowest BCUT2D eigenvalue weighted by Gasteiger charge is -2.31. The second-order valence-corrected chi connectivity index (χ2v) is 10.1. The summed E-state index contributed by atoms with van der Waals surface area (Å²) in [5.41, 5.74) is 7.26. The number of nitrogens with zero attached hydrogens (tertiary/aromatic N) is 3. The molecule has 1 atom stereocenters. The number of carbonyl (C=O) groups is 1. The number of anilines is 1. The number of hydrogen-bond donors (Lipinski definition) is 2. The third kappa shape index (κ3) is 5.45. The Bertz CT molecular complexity index is 1150. The molecule has 0 bridgehead atoms. The molecular formula is C21H23Cl2N5O3S. The first kappa shape index (κ1) is 24.1. The number of carbonyl (C=O) groups excluding carboxylic acids is 1. The van der Waals surface area contributed by atoms with Crippen molar-refractivity contribution in [2.24, 2.45) is 0 Å². The van der Waals surface area contributed by atoms with E-state index in [1.807, 2.05) is 0 Å². The van der Waals surface area contributed by atoms with Crippen molar-refractivity contribution >= 4 is 44.8 Å². The Morgan fingerprint density at radius 3 is 2.50 bits per heavy atom. The highest BCUT2D eigenvalue weighted by molar-refractivity contribution is 7.89. The summed E-state index contributed by atoms with van der Waals surface area (Å²) in [5, 5.41) is 9.22. The predicted molar refractivity (Wildman–Crippen MR) is 124 cm³/mol. The van der Waals surface area contributed by atoms with E-state index in [0.29, 0.717) is 31.6 Å². The van der Waals surface area contributed by atoms with Crippen LogP contribution in [0.5, 0.6) is 0 Å². The van der Waals surface area contributed by atoms with Crippen LogP contribution in [-0.4, -0.2) is 42.9 Å². The molecule has 1 unspecified atom stereocenters. The third-order valence-electron chi connectivity index (χ3n) is 5.34. The summed E-state index contributed by atoms with van der Waals surface area (Å²) < 4.78 is 30.3. The Kier molecular flexibility index (Phi) is 7.51. The zero-order chi connectivity index (χ0) is 23.5. The number of benzene rings is 1. The summed E-state index contributed by atoms with van der Waals surface area (Å²) in [5.74, 6) is -0.334. The molecule has 32 heavy (non-hydrogen) atoms. The van der Waals surface area contributed by atoms with Crippen LogP contribution in [0.4, 0.5) is 5.69 Å². The lowest BCUT2D eigenvalue weighted by molar-refractivity contribution is -0.133. The molecule has 3 rings (SSSR count). The number of halogens is 2. The van der Waals surface area contributed by atoms with Gasteiger partial charge < -0.3 is 15.2 Å². The van der Waals surface area contributed by atoms with Gasteiger partial charge in [-0.25, -0.2) is 8.42 Å². The van der Waals surface area contributed by atoms with Crippen molar-refractivity contribution in [2.45, 2.75) is 36.7 Å². The molecule has 1 amide bonds. The van der Waals surface area contributed by atoms with Crippen LogP contribution in [0.25, 0.3) is 0 Å². The Labute approximate surface area is 197 Å². The maximum absolute atomic E-state index is 13.2. The molecule has 0 aliphatic carbocycles. The lowest BCUT2D eigenvalue weighted by atomic mass is 10.0. The van der Waals surface area contributed by atoms with Gasteiger partial charge in [-0.15, -0.1) is 0 Å². The highest BCUT2D eigenvalue weighted by Crippen LogP contribution is 2.31. The summed E-state index contributed by atoms with van der Waals surface area (Å²) in [6, 6.07) is 6.77. The minimum absolute atomic E-state index is 0.00120. The van der Waals surface area contributed by atoms with Gasteiger partial charge in [-0.1, -0.05) is 35.4 Å². The van der Waals surface area contributed by atoms with E-state index in [2.05, 4.69) is 17.4 Å². The van der Waals surface area contributed by atoms with Gasteiger partial charge >= 0.3 is 0 Å². The average Bonchev–Trinajstić information content (AvgIpc) is 3.22. The number of likely N-dealkylation sites (tertiary alicyclic amines) is 1. The summed E-state index contributed by atoms with van der Waals surface area (Å²) in [4.78, 5) is 14.7. The SMILES string of the molecule is C=C1CCN(C(=O)C(CCn2cccc2C#N)NS(=O)(=O)c2cc(Cl)c(N)c(Cl)c2)CC1. The highest BCUT2D eigenvalue weighted by atomic mass is 35.5. The molecule has 0 radical (unpaired) electrons. The van der Waals surface area contributed by atoms with E-state index < -0.39 is 16.1 Å². The van der Waals surface area contributed by atoms with Gasteiger partial charge in [0.25, 0.3) is 0 Å². The van der Waals surface area contributed by atoms with E-state index in [-0.39, 0.29) is 39.5 Å². The molecule has 1 aromatic heterocycles. The normalized spacial score (nSPS) is 15.4. The zero-order valence-electron chi connectivity index (χ0n) is 17.2. The number of nitrogen functional groups attached to an aromatic ring is 1. The summed E-state index contributed by atoms with van der Waals surface area (Å²) >= 11 is 12.0. The van der Waals surface area contributed by atoms with E-state index in [4.69, 9.17) is 28.9 Å². The molecule has 3 N–H and O–H groups in total. The van der Waals surface area contributed by atoms with Crippen LogP contribution in [0.15, 0.2) is 47.5 Å². The van der Waals surface area contributed by atoms with Gasteiger partial charge in [-0.05, 0) is 43.5 Å². The van der Waals surface area contributed by atoms with Crippen LogP contribution in [-0.2, 0) is 21.4 Å². The Morgan fingerprint density at radius 2 is 1.91 bits per heavy atom. The minimum atomic E-state index is -4.14. The van der Waals surface area contributed by atoms with Crippen LogP contribution >= 0.6 is 23.2 Å². The van der Waals surface area contributed by atoms with Gasteiger partial charge in [-0.3, -0.25) is 4.79 Å². The van der Waals surface area contributed by atoms with E-state index in [1.165, 1.54) is 12.1 Å². The molecular weight excluding hydrogens is 473 g/mol. The lowest BCUT2D eigenvalue weighted by Crippen LogP contribution is -2.50. The molecule has 2 aromatic rings. The number of piperidine rings is 1. The Balaban J connectivity index is 1.86. The molecule has 8 nitrogen and oxygen atoms in total. The van der Waals surface area contributed by atoms with E-state index >= 15 is 0 Å². The molecule has 1 saturated heterocycles.